The van der Waals surface area contributed by atoms with Crippen LogP contribution in [0.4, 0.5) is 11.8 Å². The molecule has 0 amide bonds. The largest absolute Gasteiger partial charge is 0.368 e. The first-order valence-electron chi connectivity index (χ1n) is 9.18. The molecule has 0 bridgehead atoms. The molecule has 0 aromatic carbocycles. The van der Waals surface area contributed by atoms with Gasteiger partial charge in [-0.2, -0.15) is 15.1 Å². The smallest absolute Gasteiger partial charge is 0.224 e. The molecule has 0 saturated heterocycles. The van der Waals surface area contributed by atoms with Crippen molar-refractivity contribution in [1.82, 2.24) is 39.3 Å². The van der Waals surface area contributed by atoms with E-state index in [4.69, 9.17) is 10.7 Å². The van der Waals surface area contributed by atoms with Crippen molar-refractivity contribution in [2.75, 3.05) is 11.1 Å². The van der Waals surface area contributed by atoms with Crippen LogP contribution in [0.25, 0.3) is 33.5 Å². The third-order valence-corrected chi connectivity index (χ3v) is 5.06. The van der Waals surface area contributed by atoms with Crippen LogP contribution in [-0.4, -0.2) is 39.3 Å². The van der Waals surface area contributed by atoms with Crippen LogP contribution >= 0.6 is 0 Å². The fourth-order valence-electron chi connectivity index (χ4n) is 3.60. The Bertz CT molecular complexity index is 1340. The molecule has 10 nitrogen and oxygen atoms in total. The maximum absolute atomic E-state index is 5.86. The third kappa shape index (κ3) is 2.76. The maximum Gasteiger partial charge on any atom is 0.224 e. The van der Waals surface area contributed by atoms with E-state index in [2.05, 4.69) is 41.0 Å². The van der Waals surface area contributed by atoms with Crippen molar-refractivity contribution in [3.63, 3.8) is 0 Å². The van der Waals surface area contributed by atoms with Gasteiger partial charge >= 0.3 is 0 Å². The van der Waals surface area contributed by atoms with Gasteiger partial charge in [0.1, 0.15) is 5.52 Å². The minimum Gasteiger partial charge on any atom is -0.368 e. The Labute approximate surface area is 165 Å². The zero-order chi connectivity index (χ0) is 20.1. The number of fused-ring (bicyclic) bond motifs is 2. The van der Waals surface area contributed by atoms with Gasteiger partial charge in [-0.05, 0) is 25.1 Å². The fraction of sp³-hybridized carbons (Fsp3) is 0.211. The van der Waals surface area contributed by atoms with Gasteiger partial charge in [-0.25, -0.2) is 9.97 Å². The Morgan fingerprint density at radius 2 is 2.03 bits per heavy atom. The van der Waals surface area contributed by atoms with E-state index in [0.29, 0.717) is 17.0 Å². The van der Waals surface area contributed by atoms with Crippen molar-refractivity contribution in [2.45, 2.75) is 13.0 Å². The number of nitrogen functional groups attached to an aromatic ring is 1. The number of aryl methyl sites for hydroxylation is 2. The Morgan fingerprint density at radius 3 is 2.83 bits per heavy atom. The lowest BCUT2D eigenvalue weighted by atomic mass is 10.0. The number of nitrogens with one attached hydrogen (secondary N) is 2. The Hall–Kier alpha value is -3.95. The summed E-state index contributed by atoms with van der Waals surface area (Å²) in [4.78, 5) is 20.7. The molecule has 0 fully saturated rings. The quantitative estimate of drug-likeness (QED) is 0.431. The Morgan fingerprint density at radius 1 is 1.17 bits per heavy atom. The molecule has 5 heterocycles. The number of hydrogen-bond acceptors (Lipinski definition) is 7. The number of H-pyrrole nitrogens is 1. The van der Waals surface area contributed by atoms with Crippen LogP contribution in [0.1, 0.15) is 18.7 Å². The van der Waals surface area contributed by atoms with Gasteiger partial charge in [-0.3, -0.25) is 4.68 Å². The molecule has 0 saturated carbocycles. The third-order valence-electron chi connectivity index (χ3n) is 5.06. The molecule has 5 aromatic heterocycles. The molecule has 0 aliphatic heterocycles. The summed E-state index contributed by atoms with van der Waals surface area (Å²) >= 11 is 0. The average Bonchev–Trinajstić information content (AvgIpc) is 3.41. The van der Waals surface area contributed by atoms with E-state index >= 15 is 0 Å². The van der Waals surface area contributed by atoms with Crippen LogP contribution in [0, 0.1) is 0 Å². The summed E-state index contributed by atoms with van der Waals surface area (Å²) in [5.74, 6) is 0.751. The number of nitrogens with zero attached hydrogens (tertiary/aromatic N) is 7. The molecule has 10 heteroatoms. The number of nitrogens with two attached hydrogens (primary N) is 1. The normalized spacial score (nSPS) is 12.7. The van der Waals surface area contributed by atoms with Crippen molar-refractivity contribution in [2.24, 2.45) is 14.1 Å². The van der Waals surface area contributed by atoms with E-state index in [0.717, 1.165) is 28.0 Å². The monoisotopic (exact) mass is 388 g/mol. The van der Waals surface area contributed by atoms with E-state index in [1.807, 2.05) is 44.0 Å². The van der Waals surface area contributed by atoms with E-state index in [9.17, 15) is 0 Å². The molecule has 146 valence electrons. The topological polar surface area (TPSA) is 128 Å². The minimum atomic E-state index is -0.162. The number of pyridine rings is 1. The Balaban J connectivity index is 1.65. The number of hydrogen-bond donors (Lipinski definition) is 3. The first-order chi connectivity index (χ1) is 14.0. The molecule has 5 rings (SSSR count). The molecule has 0 radical (unpaired) electrons. The second-order valence-electron chi connectivity index (χ2n) is 6.99. The van der Waals surface area contributed by atoms with E-state index in [1.165, 1.54) is 0 Å². The van der Waals surface area contributed by atoms with Gasteiger partial charge in [-0.15, -0.1) is 0 Å². The second-order valence-corrected chi connectivity index (χ2v) is 6.99. The molecule has 0 aliphatic carbocycles. The number of anilines is 2. The van der Waals surface area contributed by atoms with Crippen molar-refractivity contribution >= 4 is 34.0 Å². The maximum atomic E-state index is 5.86. The highest BCUT2D eigenvalue weighted by molar-refractivity contribution is 5.85. The number of aromatic nitrogens is 8. The van der Waals surface area contributed by atoms with Crippen LogP contribution in [0.5, 0.6) is 0 Å². The molecular weight excluding hydrogens is 368 g/mol. The lowest BCUT2D eigenvalue weighted by Crippen LogP contribution is -2.13. The summed E-state index contributed by atoms with van der Waals surface area (Å²) in [6.45, 7) is 2.04. The molecule has 0 spiro atoms. The number of rotatable bonds is 4. The highest BCUT2D eigenvalue weighted by Crippen LogP contribution is 2.32. The van der Waals surface area contributed by atoms with Crippen molar-refractivity contribution in [3.8, 4) is 11.3 Å². The van der Waals surface area contributed by atoms with Crippen LogP contribution in [-0.2, 0) is 14.1 Å². The summed E-state index contributed by atoms with van der Waals surface area (Å²) in [7, 11) is 3.93. The standard InChI is InChI=1S/C19H20N10/c1-10(24-18-16-17(22-9-21-16)26-19(20)27-18)15-11(13-4-6-23-29(13)3)8-14-12(25-15)5-7-28(14)2/h4-10H,1-3H3,(H4,20,21,22,24,26,27). The molecular formula is C19H20N10. The Kier molecular flexibility index (Phi) is 3.73. The summed E-state index contributed by atoms with van der Waals surface area (Å²) in [6, 6.07) is 5.98. The summed E-state index contributed by atoms with van der Waals surface area (Å²) < 4.78 is 3.90. The highest BCUT2D eigenvalue weighted by Gasteiger charge is 2.20. The van der Waals surface area contributed by atoms with Crippen LogP contribution < -0.4 is 11.1 Å². The van der Waals surface area contributed by atoms with Crippen LogP contribution in [0.15, 0.2) is 36.9 Å². The highest BCUT2D eigenvalue weighted by atomic mass is 15.3. The molecule has 1 unspecified atom stereocenters. The molecule has 0 aliphatic rings. The van der Waals surface area contributed by atoms with Gasteiger partial charge in [0, 0.05) is 32.1 Å². The summed E-state index contributed by atoms with van der Waals surface area (Å²) in [5.41, 5.74) is 11.9. The number of aromatic amines is 1. The van der Waals surface area contributed by atoms with Gasteiger partial charge in [0.25, 0.3) is 0 Å². The molecule has 1 atom stereocenters. The molecule has 4 N–H and O–H groups in total. The first kappa shape index (κ1) is 17.2. The first-order valence-corrected chi connectivity index (χ1v) is 9.18. The zero-order valence-corrected chi connectivity index (χ0v) is 16.2. The summed E-state index contributed by atoms with van der Waals surface area (Å²) in [5, 5.41) is 7.74. The number of imidazole rings is 1. The predicted octanol–water partition coefficient (Wildman–Crippen LogP) is 2.40. The van der Waals surface area contributed by atoms with Gasteiger partial charge < -0.3 is 20.6 Å². The van der Waals surface area contributed by atoms with Gasteiger partial charge in [0.05, 0.1) is 34.8 Å². The van der Waals surface area contributed by atoms with Crippen molar-refractivity contribution in [1.29, 1.82) is 0 Å². The molecule has 29 heavy (non-hydrogen) atoms. The van der Waals surface area contributed by atoms with Crippen LogP contribution in [0.3, 0.4) is 0 Å². The van der Waals surface area contributed by atoms with Gasteiger partial charge in [0.15, 0.2) is 11.5 Å². The summed E-state index contributed by atoms with van der Waals surface area (Å²) in [6.07, 6.45) is 5.36. The van der Waals surface area contributed by atoms with E-state index in [-0.39, 0.29) is 12.0 Å². The lowest BCUT2D eigenvalue weighted by Gasteiger charge is -2.19. The van der Waals surface area contributed by atoms with Gasteiger partial charge in [0.2, 0.25) is 5.95 Å². The van der Waals surface area contributed by atoms with Crippen LogP contribution in [0.2, 0.25) is 0 Å². The fourth-order valence-corrected chi connectivity index (χ4v) is 3.60. The zero-order valence-electron chi connectivity index (χ0n) is 16.2. The molecule has 5 aromatic rings. The van der Waals surface area contributed by atoms with Gasteiger partial charge in [-0.1, -0.05) is 0 Å². The van der Waals surface area contributed by atoms with Crippen molar-refractivity contribution in [3.05, 3.63) is 42.6 Å². The van der Waals surface area contributed by atoms with Crippen molar-refractivity contribution < 1.29 is 0 Å². The average molecular weight is 388 g/mol. The van der Waals surface area contributed by atoms with E-state index < -0.39 is 0 Å². The lowest BCUT2D eigenvalue weighted by molar-refractivity contribution is 0.769. The predicted molar refractivity (Wildman–Crippen MR) is 111 cm³/mol. The second kappa shape index (κ2) is 6.30. The SMILES string of the molecule is CC(Nc1nc(N)nc2nc[nH]c12)c1nc2ccn(C)c2cc1-c1ccnn1C. The minimum absolute atomic E-state index is 0.162. The van der Waals surface area contributed by atoms with E-state index in [1.54, 1.807) is 12.5 Å².